The van der Waals surface area contributed by atoms with Crippen molar-refractivity contribution in [1.82, 2.24) is 20.1 Å². The van der Waals surface area contributed by atoms with E-state index in [9.17, 15) is 13.6 Å². The van der Waals surface area contributed by atoms with Gasteiger partial charge in [0.25, 0.3) is 5.76 Å². The molecule has 0 radical (unpaired) electrons. The number of nitrogens with zero attached hydrogens (tertiary/aromatic N) is 3. The van der Waals surface area contributed by atoms with E-state index in [0.717, 1.165) is 0 Å². The van der Waals surface area contributed by atoms with Crippen LogP contribution in [0.5, 0.6) is 0 Å². The first-order valence-electron chi connectivity index (χ1n) is 6.48. The standard InChI is InChI=1S/C13H15F2N5OS/c1-9(6-20-8-16-7-17-20)18-13(21)19-10-3-2-4-11(5-10)22-12(14)15/h2-5,7-9,12H,6H2,1H3,(H2,18,19,21). The van der Waals surface area contributed by atoms with Crippen molar-refractivity contribution in [3.63, 3.8) is 0 Å². The fourth-order valence-electron chi connectivity index (χ4n) is 1.79. The van der Waals surface area contributed by atoms with Crippen molar-refractivity contribution in [3.8, 4) is 0 Å². The average molecular weight is 327 g/mol. The second-order valence-corrected chi connectivity index (χ2v) is 5.59. The summed E-state index contributed by atoms with van der Waals surface area (Å²) >= 11 is 0.433. The maximum atomic E-state index is 12.3. The number of alkyl halides is 2. The van der Waals surface area contributed by atoms with E-state index >= 15 is 0 Å². The van der Waals surface area contributed by atoms with E-state index in [1.54, 1.807) is 29.2 Å². The van der Waals surface area contributed by atoms with Gasteiger partial charge in [-0.3, -0.25) is 4.68 Å². The normalized spacial score (nSPS) is 12.2. The van der Waals surface area contributed by atoms with Gasteiger partial charge in [0.05, 0.1) is 6.54 Å². The van der Waals surface area contributed by atoms with Gasteiger partial charge in [-0.15, -0.1) is 0 Å². The van der Waals surface area contributed by atoms with Gasteiger partial charge in [-0.25, -0.2) is 9.78 Å². The number of rotatable bonds is 6. The first-order valence-corrected chi connectivity index (χ1v) is 7.35. The van der Waals surface area contributed by atoms with Crippen LogP contribution < -0.4 is 10.6 Å². The molecule has 0 aliphatic heterocycles. The number of hydrogen-bond acceptors (Lipinski definition) is 4. The Bertz CT molecular complexity index is 608. The molecule has 0 saturated carbocycles. The Morgan fingerprint density at radius 2 is 2.27 bits per heavy atom. The molecule has 0 fully saturated rings. The van der Waals surface area contributed by atoms with Crippen LogP contribution in [0.4, 0.5) is 19.3 Å². The average Bonchev–Trinajstić information content (AvgIpc) is 2.90. The van der Waals surface area contributed by atoms with Crippen molar-refractivity contribution in [2.75, 3.05) is 5.32 Å². The first kappa shape index (κ1) is 16.2. The number of urea groups is 1. The number of amides is 2. The Morgan fingerprint density at radius 3 is 2.95 bits per heavy atom. The molecule has 1 aromatic carbocycles. The van der Waals surface area contributed by atoms with Gasteiger partial charge in [0.15, 0.2) is 0 Å². The SMILES string of the molecule is CC(Cn1cncn1)NC(=O)Nc1cccc(SC(F)F)c1. The van der Waals surface area contributed by atoms with Crippen molar-refractivity contribution in [3.05, 3.63) is 36.9 Å². The van der Waals surface area contributed by atoms with Crippen LogP contribution in [0.3, 0.4) is 0 Å². The Labute approximate surface area is 130 Å². The number of carbonyl (C=O) groups excluding carboxylic acids is 1. The van der Waals surface area contributed by atoms with Crippen molar-refractivity contribution in [1.29, 1.82) is 0 Å². The summed E-state index contributed by atoms with van der Waals surface area (Å²) in [4.78, 5) is 16.1. The van der Waals surface area contributed by atoms with Gasteiger partial charge in [0.1, 0.15) is 12.7 Å². The summed E-state index contributed by atoms with van der Waals surface area (Å²) in [7, 11) is 0. The molecule has 2 aromatic rings. The van der Waals surface area contributed by atoms with Crippen LogP contribution in [0.25, 0.3) is 0 Å². The monoisotopic (exact) mass is 327 g/mol. The number of halogens is 2. The first-order chi connectivity index (χ1) is 10.5. The molecule has 1 heterocycles. The van der Waals surface area contributed by atoms with Gasteiger partial charge in [-0.1, -0.05) is 17.8 Å². The number of carbonyl (C=O) groups is 1. The zero-order chi connectivity index (χ0) is 15.9. The van der Waals surface area contributed by atoms with Crippen molar-refractivity contribution < 1.29 is 13.6 Å². The molecule has 118 valence electrons. The summed E-state index contributed by atoms with van der Waals surface area (Å²) in [6, 6.07) is 5.73. The highest BCUT2D eigenvalue weighted by atomic mass is 32.2. The van der Waals surface area contributed by atoms with E-state index in [-0.39, 0.29) is 6.04 Å². The van der Waals surface area contributed by atoms with E-state index in [1.165, 1.54) is 12.4 Å². The van der Waals surface area contributed by atoms with Gasteiger partial charge in [0, 0.05) is 16.6 Å². The van der Waals surface area contributed by atoms with Crippen LogP contribution in [0.15, 0.2) is 41.8 Å². The smallest absolute Gasteiger partial charge is 0.319 e. The van der Waals surface area contributed by atoms with Crippen LogP contribution in [-0.2, 0) is 6.54 Å². The maximum Gasteiger partial charge on any atom is 0.319 e. The fourth-order valence-corrected chi connectivity index (χ4v) is 2.35. The van der Waals surface area contributed by atoms with Crippen molar-refractivity contribution in [2.45, 2.75) is 30.2 Å². The Balaban J connectivity index is 1.86. The predicted octanol–water partition coefficient (Wildman–Crippen LogP) is 2.80. The molecule has 2 amide bonds. The summed E-state index contributed by atoms with van der Waals surface area (Å²) in [6.45, 7) is 2.30. The van der Waals surface area contributed by atoms with Crippen molar-refractivity contribution in [2.24, 2.45) is 0 Å². The van der Waals surface area contributed by atoms with Crippen LogP contribution >= 0.6 is 11.8 Å². The second-order valence-electron chi connectivity index (χ2n) is 4.52. The molecule has 0 aliphatic carbocycles. The minimum atomic E-state index is -2.49. The summed E-state index contributed by atoms with van der Waals surface area (Å²) < 4.78 is 26.2. The molecule has 2 rings (SSSR count). The summed E-state index contributed by atoms with van der Waals surface area (Å²) in [5.41, 5.74) is 0.455. The number of nitrogens with one attached hydrogen (secondary N) is 2. The summed E-state index contributed by atoms with van der Waals surface area (Å²) in [5, 5.41) is 9.29. The van der Waals surface area contributed by atoms with Crippen LogP contribution in [0.1, 0.15) is 6.92 Å². The molecule has 1 aromatic heterocycles. The third kappa shape index (κ3) is 5.32. The summed E-state index contributed by atoms with van der Waals surface area (Å²) in [5.74, 6) is -2.49. The highest BCUT2D eigenvalue weighted by Crippen LogP contribution is 2.27. The third-order valence-electron chi connectivity index (χ3n) is 2.62. The lowest BCUT2D eigenvalue weighted by atomic mass is 10.3. The number of anilines is 1. The van der Waals surface area contributed by atoms with E-state index in [1.807, 2.05) is 6.92 Å². The molecule has 1 atom stereocenters. The number of benzene rings is 1. The van der Waals surface area contributed by atoms with Crippen molar-refractivity contribution >= 4 is 23.5 Å². The molecule has 1 unspecified atom stereocenters. The molecule has 9 heteroatoms. The lowest BCUT2D eigenvalue weighted by molar-refractivity contribution is 0.247. The molecular weight excluding hydrogens is 312 g/mol. The lowest BCUT2D eigenvalue weighted by Crippen LogP contribution is -2.38. The van der Waals surface area contributed by atoms with Gasteiger partial charge in [-0.2, -0.15) is 13.9 Å². The molecule has 0 bridgehead atoms. The highest BCUT2D eigenvalue weighted by Gasteiger charge is 2.10. The Kier molecular flexibility index (Phi) is 5.70. The predicted molar refractivity (Wildman–Crippen MR) is 79.9 cm³/mol. The number of thioether (sulfide) groups is 1. The zero-order valence-corrected chi connectivity index (χ0v) is 12.6. The third-order valence-corrected chi connectivity index (χ3v) is 3.33. The number of aromatic nitrogens is 3. The maximum absolute atomic E-state index is 12.3. The van der Waals surface area contributed by atoms with E-state index in [0.29, 0.717) is 28.9 Å². The molecular formula is C13H15F2N5OS. The van der Waals surface area contributed by atoms with E-state index < -0.39 is 11.8 Å². The van der Waals surface area contributed by atoms with Crippen LogP contribution in [0.2, 0.25) is 0 Å². The van der Waals surface area contributed by atoms with Gasteiger partial charge in [0.2, 0.25) is 0 Å². The van der Waals surface area contributed by atoms with Gasteiger partial charge in [-0.05, 0) is 25.1 Å². The number of hydrogen-bond donors (Lipinski definition) is 2. The molecule has 2 N–H and O–H groups in total. The fraction of sp³-hybridized carbons (Fsp3) is 0.308. The van der Waals surface area contributed by atoms with Crippen LogP contribution in [-0.4, -0.2) is 32.6 Å². The van der Waals surface area contributed by atoms with Crippen LogP contribution in [0, 0.1) is 0 Å². The van der Waals surface area contributed by atoms with Gasteiger partial charge >= 0.3 is 6.03 Å². The zero-order valence-electron chi connectivity index (χ0n) is 11.7. The Hall–Kier alpha value is -2.16. The minimum absolute atomic E-state index is 0.166. The highest BCUT2D eigenvalue weighted by molar-refractivity contribution is 7.99. The van der Waals surface area contributed by atoms with Gasteiger partial charge < -0.3 is 10.6 Å². The van der Waals surface area contributed by atoms with E-state index in [4.69, 9.17) is 0 Å². The molecule has 6 nitrogen and oxygen atoms in total. The second kappa shape index (κ2) is 7.74. The topological polar surface area (TPSA) is 71.8 Å². The molecule has 0 spiro atoms. The Morgan fingerprint density at radius 1 is 1.45 bits per heavy atom. The summed E-state index contributed by atoms with van der Waals surface area (Å²) in [6.07, 6.45) is 2.97. The molecule has 0 saturated heterocycles. The van der Waals surface area contributed by atoms with E-state index in [2.05, 4.69) is 20.7 Å². The molecule has 0 aliphatic rings. The quantitative estimate of drug-likeness (QED) is 0.800. The minimum Gasteiger partial charge on any atom is -0.334 e. The lowest BCUT2D eigenvalue weighted by Gasteiger charge is -2.14. The largest absolute Gasteiger partial charge is 0.334 e. The molecule has 22 heavy (non-hydrogen) atoms.